The smallest absolute Gasteiger partial charge is 0.270 e. The van der Waals surface area contributed by atoms with Crippen molar-refractivity contribution in [1.29, 1.82) is 0 Å². The van der Waals surface area contributed by atoms with Gasteiger partial charge in [0.2, 0.25) is 0 Å². The summed E-state index contributed by atoms with van der Waals surface area (Å²) in [5.41, 5.74) is -0.497. The molecule has 0 aliphatic rings. The fourth-order valence-electron chi connectivity index (χ4n) is 1.42. The molecule has 0 fully saturated rings. The molecule has 1 aromatic rings. The van der Waals surface area contributed by atoms with E-state index in [2.05, 4.69) is 5.32 Å². The highest BCUT2D eigenvalue weighted by Gasteiger charge is 2.20. The average Bonchev–Trinajstić information content (AvgIpc) is 2.31. The number of non-ortho nitro benzene ring substituents is 1. The molecule has 6 heteroatoms. The van der Waals surface area contributed by atoms with Crippen molar-refractivity contribution in [3.05, 3.63) is 39.2 Å². The number of nitro benzene ring substituents is 1. The van der Waals surface area contributed by atoms with Crippen molar-refractivity contribution in [3.63, 3.8) is 0 Å². The van der Waals surface area contributed by atoms with Gasteiger partial charge in [0.15, 0.2) is 0 Å². The molecule has 1 unspecified atom stereocenters. The third kappa shape index (κ3) is 3.03. The summed E-state index contributed by atoms with van der Waals surface area (Å²) in [5.74, 6) is -1.35. The van der Waals surface area contributed by atoms with Gasteiger partial charge in [-0.25, -0.2) is 4.39 Å². The van der Waals surface area contributed by atoms with Crippen LogP contribution >= 0.6 is 0 Å². The molecule has 0 aliphatic heterocycles. The van der Waals surface area contributed by atoms with E-state index >= 15 is 0 Å². The van der Waals surface area contributed by atoms with E-state index in [9.17, 15) is 19.3 Å². The Kier molecular flexibility index (Phi) is 4.36. The summed E-state index contributed by atoms with van der Waals surface area (Å²) in [6.45, 7) is 5.04. The Labute approximate surface area is 104 Å². The first kappa shape index (κ1) is 14.1. The largest absolute Gasteiger partial charge is 0.350 e. The highest BCUT2D eigenvalue weighted by molar-refractivity contribution is 5.95. The van der Waals surface area contributed by atoms with Crippen molar-refractivity contribution in [3.8, 4) is 0 Å². The van der Waals surface area contributed by atoms with Crippen LogP contribution in [0, 0.1) is 22.9 Å². The maximum absolute atomic E-state index is 13.8. The van der Waals surface area contributed by atoms with Gasteiger partial charge in [0.05, 0.1) is 10.5 Å². The number of nitro groups is 1. The Balaban J connectivity index is 3.14. The molecular formula is C12H15FN2O3. The topological polar surface area (TPSA) is 72.2 Å². The normalized spacial score (nSPS) is 12.0. The van der Waals surface area contributed by atoms with Gasteiger partial charge in [-0.05, 0) is 25.8 Å². The van der Waals surface area contributed by atoms with E-state index in [1.807, 2.05) is 6.92 Å². The van der Waals surface area contributed by atoms with E-state index in [-0.39, 0.29) is 22.9 Å². The monoisotopic (exact) mass is 254 g/mol. The minimum Gasteiger partial charge on any atom is -0.350 e. The summed E-state index contributed by atoms with van der Waals surface area (Å²) >= 11 is 0. The number of halogens is 1. The zero-order valence-corrected chi connectivity index (χ0v) is 10.5. The zero-order valence-electron chi connectivity index (χ0n) is 10.5. The van der Waals surface area contributed by atoms with Crippen LogP contribution < -0.4 is 5.32 Å². The molecule has 1 rings (SSSR count). The lowest BCUT2D eigenvalue weighted by atomic mass is 10.1. The van der Waals surface area contributed by atoms with Crippen molar-refractivity contribution < 1.29 is 14.1 Å². The Morgan fingerprint density at radius 3 is 2.67 bits per heavy atom. The van der Waals surface area contributed by atoms with Crippen molar-refractivity contribution in [1.82, 2.24) is 5.32 Å². The van der Waals surface area contributed by atoms with Crippen LogP contribution in [0.5, 0.6) is 0 Å². The Hall–Kier alpha value is -1.98. The summed E-state index contributed by atoms with van der Waals surface area (Å²) < 4.78 is 13.8. The first-order chi connectivity index (χ1) is 8.36. The number of nitrogens with zero attached hydrogens (tertiary/aromatic N) is 1. The molecule has 0 aromatic heterocycles. The molecule has 0 saturated carbocycles. The molecule has 0 spiro atoms. The van der Waals surface area contributed by atoms with Gasteiger partial charge in [0.25, 0.3) is 11.6 Å². The fourth-order valence-corrected chi connectivity index (χ4v) is 1.42. The van der Waals surface area contributed by atoms with Crippen LogP contribution in [0.1, 0.15) is 36.2 Å². The van der Waals surface area contributed by atoms with Crippen LogP contribution in [-0.4, -0.2) is 16.9 Å². The van der Waals surface area contributed by atoms with Crippen LogP contribution in [0.3, 0.4) is 0 Å². The molecule has 1 amide bonds. The van der Waals surface area contributed by atoms with Crippen LogP contribution in [0.15, 0.2) is 12.1 Å². The van der Waals surface area contributed by atoms with Gasteiger partial charge in [0, 0.05) is 18.2 Å². The highest BCUT2D eigenvalue weighted by atomic mass is 19.1. The maximum atomic E-state index is 13.8. The van der Waals surface area contributed by atoms with Gasteiger partial charge in [-0.15, -0.1) is 0 Å². The number of amides is 1. The fraction of sp³-hybridized carbons (Fsp3) is 0.417. The maximum Gasteiger partial charge on any atom is 0.270 e. The van der Waals surface area contributed by atoms with Gasteiger partial charge in [-0.1, -0.05) is 6.92 Å². The highest BCUT2D eigenvalue weighted by Crippen LogP contribution is 2.21. The Bertz CT molecular complexity index is 488. The molecule has 0 radical (unpaired) electrons. The van der Waals surface area contributed by atoms with Crippen LogP contribution in [0.4, 0.5) is 10.1 Å². The Morgan fingerprint density at radius 1 is 1.56 bits per heavy atom. The second-order valence-corrected chi connectivity index (χ2v) is 4.16. The molecule has 0 bridgehead atoms. The third-order valence-corrected chi connectivity index (χ3v) is 2.68. The molecule has 1 N–H and O–H groups in total. The number of aryl methyl sites for hydroxylation is 1. The predicted octanol–water partition coefficient (Wildman–Crippen LogP) is 2.57. The van der Waals surface area contributed by atoms with E-state index in [0.717, 1.165) is 12.1 Å². The molecule has 1 atom stereocenters. The molecule has 5 nitrogen and oxygen atoms in total. The lowest BCUT2D eigenvalue weighted by Gasteiger charge is -2.12. The second kappa shape index (κ2) is 5.57. The SMILES string of the molecule is CCC(C)NC(=O)c1cc([N+](=O)[O-])cc(C)c1F. The number of rotatable bonds is 4. The third-order valence-electron chi connectivity index (χ3n) is 2.68. The minimum atomic E-state index is -0.721. The number of hydrogen-bond acceptors (Lipinski definition) is 3. The molecule has 0 heterocycles. The molecule has 0 saturated heterocycles. The van der Waals surface area contributed by atoms with E-state index in [0.29, 0.717) is 6.42 Å². The lowest BCUT2D eigenvalue weighted by molar-refractivity contribution is -0.385. The van der Waals surface area contributed by atoms with Gasteiger partial charge < -0.3 is 5.32 Å². The summed E-state index contributed by atoms with van der Waals surface area (Å²) in [5, 5.41) is 13.2. The van der Waals surface area contributed by atoms with E-state index < -0.39 is 16.6 Å². The number of benzene rings is 1. The second-order valence-electron chi connectivity index (χ2n) is 4.16. The van der Waals surface area contributed by atoms with Crippen molar-refractivity contribution in [2.24, 2.45) is 0 Å². The summed E-state index contributed by atoms with van der Waals surface area (Å²) in [6, 6.07) is 1.95. The van der Waals surface area contributed by atoms with Gasteiger partial charge in [-0.2, -0.15) is 0 Å². The van der Waals surface area contributed by atoms with Crippen molar-refractivity contribution in [2.75, 3.05) is 0 Å². The number of carbonyl (C=O) groups excluding carboxylic acids is 1. The van der Waals surface area contributed by atoms with Crippen LogP contribution in [0.25, 0.3) is 0 Å². The first-order valence-corrected chi connectivity index (χ1v) is 5.62. The van der Waals surface area contributed by atoms with E-state index in [4.69, 9.17) is 0 Å². The number of carbonyl (C=O) groups is 1. The van der Waals surface area contributed by atoms with Gasteiger partial charge in [-0.3, -0.25) is 14.9 Å². The summed E-state index contributed by atoms with van der Waals surface area (Å²) in [4.78, 5) is 21.8. The Morgan fingerprint density at radius 2 is 2.17 bits per heavy atom. The van der Waals surface area contributed by atoms with E-state index in [1.54, 1.807) is 6.92 Å². The van der Waals surface area contributed by atoms with Gasteiger partial charge in [0.1, 0.15) is 5.82 Å². The molecule has 1 aromatic carbocycles. The molecule has 98 valence electrons. The van der Waals surface area contributed by atoms with Crippen LogP contribution in [0.2, 0.25) is 0 Å². The summed E-state index contributed by atoms with van der Waals surface area (Å²) in [7, 11) is 0. The number of hydrogen-bond donors (Lipinski definition) is 1. The quantitative estimate of drug-likeness (QED) is 0.663. The minimum absolute atomic E-state index is 0.0819. The van der Waals surface area contributed by atoms with Gasteiger partial charge >= 0.3 is 0 Å². The number of nitrogens with one attached hydrogen (secondary N) is 1. The molecular weight excluding hydrogens is 239 g/mol. The molecule has 18 heavy (non-hydrogen) atoms. The zero-order chi connectivity index (χ0) is 13.9. The predicted molar refractivity (Wildman–Crippen MR) is 65.0 cm³/mol. The lowest BCUT2D eigenvalue weighted by Crippen LogP contribution is -2.32. The standard InChI is InChI=1S/C12H15FN2O3/c1-4-8(3)14-12(16)10-6-9(15(17)18)5-7(2)11(10)13/h5-6,8H,4H2,1-3H3,(H,14,16). The van der Waals surface area contributed by atoms with Crippen molar-refractivity contribution >= 4 is 11.6 Å². The summed E-state index contributed by atoms with van der Waals surface area (Å²) in [6.07, 6.45) is 0.696. The van der Waals surface area contributed by atoms with Crippen molar-refractivity contribution in [2.45, 2.75) is 33.2 Å². The first-order valence-electron chi connectivity index (χ1n) is 5.62. The van der Waals surface area contributed by atoms with Crippen LogP contribution in [-0.2, 0) is 0 Å². The van der Waals surface area contributed by atoms with E-state index in [1.165, 1.54) is 6.92 Å². The molecule has 0 aliphatic carbocycles. The average molecular weight is 254 g/mol.